The second-order valence-electron chi connectivity index (χ2n) is 7.11. The largest absolute Gasteiger partial charge is 0.348 e. The maximum absolute atomic E-state index is 12.6. The third-order valence-corrected chi connectivity index (χ3v) is 5.76. The molecule has 1 amide bonds. The van der Waals surface area contributed by atoms with Crippen molar-refractivity contribution in [3.8, 4) is 0 Å². The highest BCUT2D eigenvalue weighted by molar-refractivity contribution is 5.93. The second-order valence-corrected chi connectivity index (χ2v) is 7.11. The van der Waals surface area contributed by atoms with E-state index in [9.17, 15) is 4.79 Å². The summed E-state index contributed by atoms with van der Waals surface area (Å²) in [6, 6.07) is 4.85. The van der Waals surface area contributed by atoms with E-state index < -0.39 is 0 Å². The number of hydrogen-bond acceptors (Lipinski definition) is 2. The van der Waals surface area contributed by atoms with Crippen LogP contribution in [0.1, 0.15) is 67.9 Å². The van der Waals surface area contributed by atoms with Crippen LogP contribution in [0.4, 0.5) is 0 Å². The SMILES string of the molecule is O=C(NC1CCNC2(CCC2)C1)c1cccn1C1CCC1. The van der Waals surface area contributed by atoms with Crippen molar-refractivity contribution >= 4 is 5.91 Å². The molecule has 2 saturated carbocycles. The monoisotopic (exact) mass is 287 g/mol. The minimum atomic E-state index is 0.119. The first-order valence-electron chi connectivity index (χ1n) is 8.49. The first-order chi connectivity index (χ1) is 10.3. The summed E-state index contributed by atoms with van der Waals surface area (Å²) in [5, 5.41) is 6.95. The van der Waals surface area contributed by atoms with Crippen molar-refractivity contribution in [3.05, 3.63) is 24.0 Å². The third-order valence-electron chi connectivity index (χ3n) is 5.76. The molecule has 3 fully saturated rings. The van der Waals surface area contributed by atoms with Gasteiger partial charge in [0.25, 0.3) is 5.91 Å². The molecule has 0 radical (unpaired) electrons. The van der Waals surface area contributed by atoms with Crippen molar-refractivity contribution in [3.63, 3.8) is 0 Å². The quantitative estimate of drug-likeness (QED) is 0.897. The van der Waals surface area contributed by atoms with E-state index >= 15 is 0 Å². The van der Waals surface area contributed by atoms with E-state index in [0.29, 0.717) is 17.6 Å². The Morgan fingerprint density at radius 3 is 2.81 bits per heavy atom. The zero-order valence-electron chi connectivity index (χ0n) is 12.6. The number of nitrogens with one attached hydrogen (secondary N) is 2. The minimum Gasteiger partial charge on any atom is -0.348 e. The normalized spacial score (nSPS) is 27.9. The van der Waals surface area contributed by atoms with Gasteiger partial charge in [0.1, 0.15) is 5.69 Å². The summed E-state index contributed by atoms with van der Waals surface area (Å²) in [6.07, 6.45) is 11.8. The molecule has 4 heteroatoms. The Bertz CT molecular complexity index is 528. The van der Waals surface area contributed by atoms with Gasteiger partial charge in [0.15, 0.2) is 0 Å². The Balaban J connectivity index is 1.42. The predicted octanol–water partition coefficient (Wildman–Crippen LogP) is 2.62. The van der Waals surface area contributed by atoms with E-state index in [2.05, 4.69) is 21.4 Å². The van der Waals surface area contributed by atoms with Gasteiger partial charge in [-0.05, 0) is 70.0 Å². The fraction of sp³-hybridized carbons (Fsp3) is 0.706. The van der Waals surface area contributed by atoms with Crippen molar-refractivity contribution in [1.82, 2.24) is 15.2 Å². The molecule has 1 unspecified atom stereocenters. The van der Waals surface area contributed by atoms with Gasteiger partial charge in [-0.2, -0.15) is 0 Å². The van der Waals surface area contributed by atoms with Crippen LogP contribution in [0.5, 0.6) is 0 Å². The Morgan fingerprint density at radius 1 is 1.29 bits per heavy atom. The van der Waals surface area contributed by atoms with Gasteiger partial charge in [-0.1, -0.05) is 0 Å². The molecule has 1 aliphatic heterocycles. The van der Waals surface area contributed by atoms with Crippen LogP contribution in [0, 0.1) is 0 Å². The zero-order chi connectivity index (χ0) is 14.3. The summed E-state index contributed by atoms with van der Waals surface area (Å²) in [4.78, 5) is 12.6. The minimum absolute atomic E-state index is 0.119. The van der Waals surface area contributed by atoms with Crippen LogP contribution in [0.25, 0.3) is 0 Å². The van der Waals surface area contributed by atoms with Gasteiger partial charge < -0.3 is 15.2 Å². The molecule has 4 nitrogen and oxygen atoms in total. The lowest BCUT2D eigenvalue weighted by Gasteiger charge is -2.48. The van der Waals surface area contributed by atoms with E-state index in [1.54, 1.807) is 0 Å². The lowest BCUT2D eigenvalue weighted by Crippen LogP contribution is -2.59. The number of carbonyl (C=O) groups is 1. The van der Waals surface area contributed by atoms with Gasteiger partial charge in [0.05, 0.1) is 0 Å². The molecular formula is C17H25N3O. The van der Waals surface area contributed by atoms with Crippen LogP contribution in [0.3, 0.4) is 0 Å². The summed E-state index contributed by atoms with van der Waals surface area (Å²) < 4.78 is 2.18. The van der Waals surface area contributed by atoms with Crippen molar-refractivity contribution < 1.29 is 4.79 Å². The number of aromatic nitrogens is 1. The molecule has 2 heterocycles. The van der Waals surface area contributed by atoms with Crippen molar-refractivity contribution in [1.29, 1.82) is 0 Å². The van der Waals surface area contributed by atoms with Crippen molar-refractivity contribution in [2.75, 3.05) is 6.54 Å². The Labute approximate surface area is 126 Å². The highest BCUT2D eigenvalue weighted by atomic mass is 16.2. The number of piperidine rings is 1. The van der Waals surface area contributed by atoms with Gasteiger partial charge in [-0.3, -0.25) is 4.79 Å². The standard InChI is InChI=1S/C17H25N3O/c21-16(15-6-2-11-20(15)14-4-1-5-14)19-13-7-10-18-17(12-13)8-3-9-17/h2,6,11,13-14,18H,1,3-5,7-10,12H2,(H,19,21). The number of hydrogen-bond donors (Lipinski definition) is 2. The summed E-state index contributed by atoms with van der Waals surface area (Å²) in [6.45, 7) is 1.04. The Morgan fingerprint density at radius 2 is 2.14 bits per heavy atom. The van der Waals surface area contributed by atoms with Crippen molar-refractivity contribution in [2.24, 2.45) is 0 Å². The van der Waals surface area contributed by atoms with E-state index in [-0.39, 0.29) is 5.91 Å². The molecule has 1 aromatic heterocycles. The van der Waals surface area contributed by atoms with Gasteiger partial charge in [-0.25, -0.2) is 0 Å². The smallest absolute Gasteiger partial charge is 0.268 e. The van der Waals surface area contributed by atoms with Crippen LogP contribution < -0.4 is 10.6 Å². The highest BCUT2D eigenvalue weighted by Gasteiger charge is 2.41. The average molecular weight is 287 g/mol. The second kappa shape index (κ2) is 5.16. The summed E-state index contributed by atoms with van der Waals surface area (Å²) in [5.41, 5.74) is 1.19. The van der Waals surface area contributed by atoms with Gasteiger partial charge >= 0.3 is 0 Å². The fourth-order valence-corrected chi connectivity index (χ4v) is 4.09. The van der Waals surface area contributed by atoms with Gasteiger partial charge in [-0.15, -0.1) is 0 Å². The van der Waals surface area contributed by atoms with Crippen LogP contribution in [-0.2, 0) is 0 Å². The number of nitrogens with zero attached hydrogens (tertiary/aromatic N) is 1. The molecule has 114 valence electrons. The number of rotatable bonds is 3. The molecule has 2 aliphatic carbocycles. The molecule has 0 aromatic carbocycles. The van der Waals surface area contributed by atoms with E-state index in [0.717, 1.165) is 25.1 Å². The van der Waals surface area contributed by atoms with Gasteiger partial charge in [0.2, 0.25) is 0 Å². The van der Waals surface area contributed by atoms with Gasteiger partial charge in [0, 0.05) is 23.8 Å². The Hall–Kier alpha value is -1.29. The van der Waals surface area contributed by atoms with Crippen LogP contribution in [-0.4, -0.2) is 28.6 Å². The van der Waals surface area contributed by atoms with Crippen LogP contribution in [0.2, 0.25) is 0 Å². The summed E-state index contributed by atoms with van der Waals surface area (Å²) >= 11 is 0. The highest BCUT2D eigenvalue weighted by Crippen LogP contribution is 2.38. The van der Waals surface area contributed by atoms with E-state index in [1.165, 1.54) is 38.5 Å². The van der Waals surface area contributed by atoms with Crippen LogP contribution >= 0.6 is 0 Å². The van der Waals surface area contributed by atoms with E-state index in [4.69, 9.17) is 0 Å². The lowest BCUT2D eigenvalue weighted by molar-refractivity contribution is 0.0839. The molecule has 1 atom stereocenters. The maximum Gasteiger partial charge on any atom is 0.268 e. The molecule has 21 heavy (non-hydrogen) atoms. The molecule has 3 aliphatic rings. The lowest BCUT2D eigenvalue weighted by atomic mass is 9.70. The molecular weight excluding hydrogens is 262 g/mol. The molecule has 2 N–H and O–H groups in total. The predicted molar refractivity (Wildman–Crippen MR) is 82.4 cm³/mol. The first-order valence-corrected chi connectivity index (χ1v) is 8.49. The molecule has 4 rings (SSSR count). The number of carbonyl (C=O) groups excluding carboxylic acids is 1. The molecule has 0 bridgehead atoms. The Kier molecular flexibility index (Phi) is 3.29. The number of amides is 1. The topological polar surface area (TPSA) is 46.1 Å². The fourth-order valence-electron chi connectivity index (χ4n) is 4.09. The molecule has 1 saturated heterocycles. The maximum atomic E-state index is 12.6. The molecule has 1 aromatic rings. The van der Waals surface area contributed by atoms with Crippen LogP contribution in [0.15, 0.2) is 18.3 Å². The first kappa shape index (κ1) is 13.4. The third kappa shape index (κ3) is 2.39. The summed E-state index contributed by atoms with van der Waals surface area (Å²) in [7, 11) is 0. The average Bonchev–Trinajstić information content (AvgIpc) is 2.84. The summed E-state index contributed by atoms with van der Waals surface area (Å²) in [5.74, 6) is 0.119. The van der Waals surface area contributed by atoms with Crippen molar-refractivity contribution in [2.45, 2.75) is 69.0 Å². The molecule has 1 spiro atoms. The zero-order valence-corrected chi connectivity index (χ0v) is 12.6. The van der Waals surface area contributed by atoms with E-state index in [1.807, 2.05) is 12.1 Å².